The van der Waals surface area contributed by atoms with E-state index in [1.165, 1.54) is 86.4 Å². The molecule has 0 amide bonds. The molecule has 47 heavy (non-hydrogen) atoms. The van der Waals surface area contributed by atoms with Crippen LogP contribution in [0, 0.1) is 0 Å². The summed E-state index contributed by atoms with van der Waals surface area (Å²) >= 11 is 1.80. The molecule has 0 saturated heterocycles. The van der Waals surface area contributed by atoms with Crippen molar-refractivity contribution in [2.24, 2.45) is 0 Å². The highest BCUT2D eigenvalue weighted by Gasteiger charge is 2.21. The van der Waals surface area contributed by atoms with E-state index >= 15 is 0 Å². The molecular weight excluding hydrogens is 587 g/mol. The Balaban J connectivity index is 1.35. The van der Waals surface area contributed by atoms with Crippen molar-refractivity contribution in [3.05, 3.63) is 164 Å². The Bertz CT molecular complexity index is 2780. The van der Waals surface area contributed by atoms with Gasteiger partial charge in [0, 0.05) is 32.6 Å². The molecule has 2 heterocycles. The van der Waals surface area contributed by atoms with E-state index in [0.717, 1.165) is 10.4 Å². The summed E-state index contributed by atoms with van der Waals surface area (Å²) in [6.45, 7) is 0. The lowest BCUT2D eigenvalue weighted by molar-refractivity contribution is 1.44. The van der Waals surface area contributed by atoms with Crippen LogP contribution in [0.15, 0.2) is 164 Å². The van der Waals surface area contributed by atoms with Crippen molar-refractivity contribution >= 4 is 74.7 Å². The molecular formula is C45H27NS. The van der Waals surface area contributed by atoms with E-state index in [-0.39, 0.29) is 0 Å². The fourth-order valence-electron chi connectivity index (χ4n) is 7.63. The van der Waals surface area contributed by atoms with Crippen LogP contribution in [0.3, 0.4) is 0 Å². The maximum absolute atomic E-state index is 4.99. The van der Waals surface area contributed by atoms with Gasteiger partial charge in [0.05, 0.1) is 0 Å². The van der Waals surface area contributed by atoms with Crippen LogP contribution in [0.2, 0.25) is 0 Å². The quantitative estimate of drug-likeness (QED) is 0.181. The van der Waals surface area contributed by atoms with Crippen molar-refractivity contribution in [2.45, 2.75) is 0 Å². The maximum Gasteiger partial charge on any atom is 0.124 e. The van der Waals surface area contributed by atoms with Crippen LogP contribution in [-0.2, 0) is 0 Å². The van der Waals surface area contributed by atoms with Crippen LogP contribution < -0.4 is 0 Å². The Morgan fingerprint density at radius 1 is 0.362 bits per heavy atom. The van der Waals surface area contributed by atoms with Crippen molar-refractivity contribution in [2.75, 3.05) is 0 Å². The van der Waals surface area contributed by atoms with Gasteiger partial charge in [-0.05, 0) is 77.7 Å². The van der Waals surface area contributed by atoms with Crippen LogP contribution in [0.4, 0.5) is 0 Å². The predicted molar refractivity (Wildman–Crippen MR) is 203 cm³/mol. The molecule has 2 heteroatoms. The van der Waals surface area contributed by atoms with Gasteiger partial charge in [-0.25, -0.2) is 4.98 Å². The minimum Gasteiger partial charge on any atom is -0.245 e. The monoisotopic (exact) mass is 613 g/mol. The molecule has 0 spiro atoms. The van der Waals surface area contributed by atoms with Gasteiger partial charge in [0.1, 0.15) is 4.83 Å². The summed E-state index contributed by atoms with van der Waals surface area (Å²) < 4.78 is 1.29. The third-order valence-electron chi connectivity index (χ3n) is 9.70. The zero-order valence-corrected chi connectivity index (χ0v) is 26.3. The minimum atomic E-state index is 1.07. The summed E-state index contributed by atoms with van der Waals surface area (Å²) in [6, 6.07) is 57.6. The minimum absolute atomic E-state index is 1.07. The molecule has 8 aromatic carbocycles. The molecule has 0 bridgehead atoms. The Kier molecular flexibility index (Phi) is 5.81. The van der Waals surface area contributed by atoms with E-state index < -0.39 is 0 Å². The molecule has 0 N–H and O–H groups in total. The fourth-order valence-corrected chi connectivity index (χ4v) is 8.77. The molecule has 10 aromatic rings. The summed E-state index contributed by atoms with van der Waals surface area (Å²) in [5, 5.41) is 12.6. The van der Waals surface area contributed by atoms with Gasteiger partial charge in [0.15, 0.2) is 0 Å². The zero-order valence-electron chi connectivity index (χ0n) is 25.4. The first kappa shape index (κ1) is 26.4. The van der Waals surface area contributed by atoms with Gasteiger partial charge >= 0.3 is 0 Å². The van der Waals surface area contributed by atoms with Crippen LogP contribution in [0.5, 0.6) is 0 Å². The molecule has 0 fully saturated rings. The standard InChI is InChI=1S/C45H27NS/c1-2-13-28(14-3-1)30-25-41-40-26-39(32-18-6-11-23-38(32)44(40)47-45(41)46-27-30)43-36-21-9-7-19-34(36)42(35-20-8-10-22-37(35)43)33-24-12-16-29-15-4-5-17-31(29)33/h1-27H. The number of benzene rings is 8. The molecule has 0 atom stereocenters. The highest BCUT2D eigenvalue weighted by atomic mass is 32.1. The van der Waals surface area contributed by atoms with Gasteiger partial charge < -0.3 is 0 Å². The van der Waals surface area contributed by atoms with E-state index in [9.17, 15) is 0 Å². The van der Waals surface area contributed by atoms with Crippen LogP contribution in [0.1, 0.15) is 0 Å². The lowest BCUT2D eigenvalue weighted by Gasteiger charge is -2.20. The van der Waals surface area contributed by atoms with Gasteiger partial charge in [-0.3, -0.25) is 0 Å². The fraction of sp³-hybridized carbons (Fsp3) is 0. The van der Waals surface area contributed by atoms with Gasteiger partial charge in [-0.2, -0.15) is 0 Å². The molecule has 0 unspecified atom stereocenters. The van der Waals surface area contributed by atoms with E-state index in [1.54, 1.807) is 11.3 Å². The Morgan fingerprint density at radius 2 is 0.915 bits per heavy atom. The first-order valence-electron chi connectivity index (χ1n) is 16.0. The second-order valence-electron chi connectivity index (χ2n) is 12.3. The summed E-state index contributed by atoms with van der Waals surface area (Å²) in [4.78, 5) is 6.06. The summed E-state index contributed by atoms with van der Waals surface area (Å²) in [7, 11) is 0. The van der Waals surface area contributed by atoms with Crippen molar-refractivity contribution in [3.63, 3.8) is 0 Å². The first-order chi connectivity index (χ1) is 23.3. The number of nitrogens with zero attached hydrogens (tertiary/aromatic N) is 1. The zero-order chi connectivity index (χ0) is 30.9. The molecule has 1 nitrogen and oxygen atoms in total. The third-order valence-corrected chi connectivity index (χ3v) is 10.9. The van der Waals surface area contributed by atoms with E-state index in [0.29, 0.717) is 0 Å². The average Bonchev–Trinajstić information content (AvgIpc) is 3.52. The molecule has 2 aromatic heterocycles. The Morgan fingerprint density at radius 3 is 1.62 bits per heavy atom. The number of aromatic nitrogens is 1. The van der Waals surface area contributed by atoms with Gasteiger partial charge in [-0.1, -0.05) is 146 Å². The second-order valence-corrected chi connectivity index (χ2v) is 13.3. The molecule has 10 rings (SSSR count). The SMILES string of the molecule is c1ccc(-c2cnc3sc4c5ccccc5c(-c5c6ccccc6c(-c6cccc7ccccc67)c6ccccc56)cc4c3c2)cc1. The lowest BCUT2D eigenvalue weighted by atomic mass is 9.83. The maximum atomic E-state index is 4.99. The third kappa shape index (κ3) is 3.99. The van der Waals surface area contributed by atoms with Crippen molar-refractivity contribution in [3.8, 4) is 33.4 Å². The van der Waals surface area contributed by atoms with Gasteiger partial charge in [-0.15, -0.1) is 11.3 Å². The Labute approximate surface area is 276 Å². The molecule has 0 aliphatic heterocycles. The number of fused-ring (bicyclic) bond motifs is 8. The molecule has 0 aliphatic carbocycles. The second kappa shape index (κ2) is 10.3. The van der Waals surface area contributed by atoms with E-state index in [2.05, 4.69) is 158 Å². The molecule has 0 aliphatic rings. The normalized spacial score (nSPS) is 11.8. The molecule has 218 valence electrons. The smallest absolute Gasteiger partial charge is 0.124 e. The number of hydrogen-bond acceptors (Lipinski definition) is 2. The lowest BCUT2D eigenvalue weighted by Crippen LogP contribution is -1.92. The van der Waals surface area contributed by atoms with Crippen molar-refractivity contribution in [1.29, 1.82) is 0 Å². The van der Waals surface area contributed by atoms with E-state index in [1.807, 2.05) is 6.20 Å². The summed E-state index contributed by atoms with van der Waals surface area (Å²) in [5.41, 5.74) is 7.43. The average molecular weight is 614 g/mol. The number of rotatable bonds is 3. The van der Waals surface area contributed by atoms with Crippen molar-refractivity contribution in [1.82, 2.24) is 4.98 Å². The van der Waals surface area contributed by atoms with Gasteiger partial charge in [0.25, 0.3) is 0 Å². The van der Waals surface area contributed by atoms with Crippen molar-refractivity contribution < 1.29 is 0 Å². The topological polar surface area (TPSA) is 12.9 Å². The summed E-state index contributed by atoms with van der Waals surface area (Å²) in [6.07, 6.45) is 2.02. The van der Waals surface area contributed by atoms with Crippen LogP contribution in [-0.4, -0.2) is 4.98 Å². The molecule has 0 saturated carbocycles. The molecule has 0 radical (unpaired) electrons. The summed E-state index contributed by atoms with van der Waals surface area (Å²) in [5.74, 6) is 0. The predicted octanol–water partition coefficient (Wildman–Crippen LogP) is 13.1. The number of pyridine rings is 1. The van der Waals surface area contributed by atoms with Crippen LogP contribution >= 0.6 is 11.3 Å². The van der Waals surface area contributed by atoms with Gasteiger partial charge in [0.2, 0.25) is 0 Å². The first-order valence-corrected chi connectivity index (χ1v) is 16.9. The van der Waals surface area contributed by atoms with Crippen LogP contribution in [0.25, 0.3) is 96.8 Å². The Hall–Kier alpha value is -5.83. The largest absolute Gasteiger partial charge is 0.245 e. The van der Waals surface area contributed by atoms with E-state index in [4.69, 9.17) is 4.98 Å². The number of thiophene rings is 1. The highest BCUT2D eigenvalue weighted by molar-refractivity contribution is 7.26. The number of hydrogen-bond donors (Lipinski definition) is 0. The highest BCUT2D eigenvalue weighted by Crippen LogP contribution is 2.49.